The van der Waals surface area contributed by atoms with Crippen LogP contribution in [-0.2, 0) is 11.3 Å². The summed E-state index contributed by atoms with van der Waals surface area (Å²) in [4.78, 5) is 24.8. The van der Waals surface area contributed by atoms with Gasteiger partial charge in [-0.2, -0.15) is 4.98 Å². The van der Waals surface area contributed by atoms with E-state index in [1.807, 2.05) is 0 Å². The molecule has 0 aliphatic carbocycles. The maximum atomic E-state index is 12.4. The van der Waals surface area contributed by atoms with E-state index >= 15 is 0 Å². The molecule has 1 spiro atoms. The molecule has 1 amide bonds. The number of hydrogen-bond donors (Lipinski definition) is 3. The van der Waals surface area contributed by atoms with Crippen LogP contribution in [0.1, 0.15) is 25.2 Å². The predicted molar refractivity (Wildman–Crippen MR) is 88.1 cm³/mol. The number of piperidine rings is 1. The molecule has 2 fully saturated rings. The first-order chi connectivity index (χ1) is 12.2. The number of amides is 1. The molecule has 25 heavy (non-hydrogen) atoms. The molecular weight excluding hydrogens is 322 g/mol. The summed E-state index contributed by atoms with van der Waals surface area (Å²) in [6.07, 6.45) is 6.35. The first-order valence-electron chi connectivity index (χ1n) is 8.56. The molecule has 2 aliphatic rings. The van der Waals surface area contributed by atoms with E-state index in [2.05, 4.69) is 36.1 Å². The SMILES string of the molecule is O=C(NCc1nc(-c2ncccn2)no1)[C@H]1CC2(CCNCC2)CN1. The Morgan fingerprint density at radius 1 is 1.28 bits per heavy atom. The molecule has 2 aromatic rings. The molecule has 9 heteroatoms. The highest BCUT2D eigenvalue weighted by Crippen LogP contribution is 2.37. The molecule has 2 saturated heterocycles. The van der Waals surface area contributed by atoms with Gasteiger partial charge in [0.1, 0.15) is 0 Å². The lowest BCUT2D eigenvalue weighted by Crippen LogP contribution is -2.40. The van der Waals surface area contributed by atoms with E-state index in [1.54, 1.807) is 18.5 Å². The number of rotatable bonds is 4. The van der Waals surface area contributed by atoms with Gasteiger partial charge in [0.25, 0.3) is 0 Å². The van der Waals surface area contributed by atoms with Crippen molar-refractivity contribution < 1.29 is 9.32 Å². The van der Waals surface area contributed by atoms with E-state index in [0.717, 1.165) is 38.9 Å². The zero-order valence-electron chi connectivity index (χ0n) is 13.9. The standard InChI is InChI=1S/C16H21N7O2/c24-15(11-8-16(10-21-11)2-6-17-7-3-16)20-9-12-22-14(23-25-12)13-18-4-1-5-19-13/h1,4-5,11,17,21H,2-3,6-10H2,(H,20,24)/t11-/m1/s1. The lowest BCUT2D eigenvalue weighted by molar-refractivity contribution is -0.123. The summed E-state index contributed by atoms with van der Waals surface area (Å²) in [6, 6.07) is 1.56. The fourth-order valence-electron chi connectivity index (χ4n) is 3.56. The molecule has 0 aromatic carbocycles. The van der Waals surface area contributed by atoms with Gasteiger partial charge in [0.15, 0.2) is 0 Å². The Labute approximate surface area is 145 Å². The third-order valence-corrected chi connectivity index (χ3v) is 4.99. The monoisotopic (exact) mass is 343 g/mol. The van der Waals surface area contributed by atoms with Crippen LogP contribution in [0.4, 0.5) is 0 Å². The van der Waals surface area contributed by atoms with Gasteiger partial charge < -0.3 is 20.5 Å². The molecular formula is C16H21N7O2. The molecule has 0 radical (unpaired) electrons. The number of carbonyl (C=O) groups excluding carboxylic acids is 1. The molecule has 1 atom stereocenters. The second-order valence-electron chi connectivity index (χ2n) is 6.69. The first-order valence-corrected chi connectivity index (χ1v) is 8.56. The lowest BCUT2D eigenvalue weighted by atomic mass is 9.77. The van der Waals surface area contributed by atoms with E-state index in [0.29, 0.717) is 17.5 Å². The second kappa shape index (κ2) is 6.85. The Kier molecular flexibility index (Phi) is 4.41. The quantitative estimate of drug-likeness (QED) is 0.703. The second-order valence-corrected chi connectivity index (χ2v) is 6.69. The Bertz CT molecular complexity index is 727. The van der Waals surface area contributed by atoms with Gasteiger partial charge in [0.05, 0.1) is 12.6 Å². The largest absolute Gasteiger partial charge is 0.346 e. The molecule has 4 rings (SSSR count). The van der Waals surface area contributed by atoms with Gasteiger partial charge in [0.2, 0.25) is 23.4 Å². The van der Waals surface area contributed by atoms with Crippen molar-refractivity contribution in [3.05, 3.63) is 24.4 Å². The highest BCUT2D eigenvalue weighted by atomic mass is 16.5. The van der Waals surface area contributed by atoms with E-state index in [1.165, 1.54) is 0 Å². The van der Waals surface area contributed by atoms with Gasteiger partial charge in [-0.15, -0.1) is 0 Å². The van der Waals surface area contributed by atoms with Crippen molar-refractivity contribution in [3.63, 3.8) is 0 Å². The number of nitrogens with zero attached hydrogens (tertiary/aromatic N) is 4. The summed E-state index contributed by atoms with van der Waals surface area (Å²) >= 11 is 0. The van der Waals surface area contributed by atoms with Crippen molar-refractivity contribution in [1.29, 1.82) is 0 Å². The summed E-state index contributed by atoms with van der Waals surface area (Å²) < 4.78 is 5.16. The van der Waals surface area contributed by atoms with Crippen LogP contribution >= 0.6 is 0 Å². The van der Waals surface area contributed by atoms with Crippen LogP contribution in [0.5, 0.6) is 0 Å². The lowest BCUT2D eigenvalue weighted by Gasteiger charge is -2.33. The zero-order chi connectivity index (χ0) is 17.1. The van der Waals surface area contributed by atoms with E-state index in [-0.39, 0.29) is 23.9 Å². The Hall–Kier alpha value is -2.39. The molecule has 4 heterocycles. The van der Waals surface area contributed by atoms with E-state index in [4.69, 9.17) is 4.52 Å². The maximum Gasteiger partial charge on any atom is 0.246 e. The zero-order valence-corrected chi connectivity index (χ0v) is 13.9. The number of hydrogen-bond acceptors (Lipinski definition) is 8. The average Bonchev–Trinajstić information content (AvgIpc) is 3.29. The summed E-state index contributed by atoms with van der Waals surface area (Å²) in [5, 5.41) is 13.5. The third kappa shape index (κ3) is 3.52. The molecule has 132 valence electrons. The minimum absolute atomic E-state index is 0.0221. The van der Waals surface area contributed by atoms with Crippen LogP contribution < -0.4 is 16.0 Å². The number of carbonyl (C=O) groups is 1. The summed E-state index contributed by atoms with van der Waals surface area (Å²) in [7, 11) is 0. The van der Waals surface area contributed by atoms with Crippen LogP contribution in [0.15, 0.2) is 23.0 Å². The van der Waals surface area contributed by atoms with Gasteiger partial charge in [-0.25, -0.2) is 9.97 Å². The van der Waals surface area contributed by atoms with Crippen LogP contribution in [0.25, 0.3) is 11.6 Å². The fraction of sp³-hybridized carbons (Fsp3) is 0.562. The van der Waals surface area contributed by atoms with Crippen LogP contribution in [0, 0.1) is 5.41 Å². The van der Waals surface area contributed by atoms with Crippen molar-refractivity contribution in [2.45, 2.75) is 31.8 Å². The van der Waals surface area contributed by atoms with Gasteiger partial charge in [-0.1, -0.05) is 5.16 Å². The third-order valence-electron chi connectivity index (χ3n) is 4.99. The highest BCUT2D eigenvalue weighted by molar-refractivity contribution is 5.82. The predicted octanol–water partition coefficient (Wildman–Crippen LogP) is -0.125. The van der Waals surface area contributed by atoms with Crippen molar-refractivity contribution in [3.8, 4) is 11.6 Å². The van der Waals surface area contributed by atoms with Crippen LogP contribution in [-0.4, -0.2) is 51.7 Å². The summed E-state index contributed by atoms with van der Waals surface area (Å²) in [5.74, 6) is 1.03. The first kappa shape index (κ1) is 16.1. The van der Waals surface area contributed by atoms with Crippen LogP contribution in [0.2, 0.25) is 0 Å². The minimum Gasteiger partial charge on any atom is -0.346 e. The van der Waals surface area contributed by atoms with Crippen LogP contribution in [0.3, 0.4) is 0 Å². The summed E-state index contributed by atoms with van der Waals surface area (Å²) in [6.45, 7) is 3.17. The highest BCUT2D eigenvalue weighted by Gasteiger charge is 2.42. The van der Waals surface area contributed by atoms with E-state index < -0.39 is 0 Å². The number of aromatic nitrogens is 4. The van der Waals surface area contributed by atoms with Gasteiger partial charge in [0, 0.05) is 18.9 Å². The molecule has 2 aromatic heterocycles. The van der Waals surface area contributed by atoms with Crippen molar-refractivity contribution in [1.82, 2.24) is 36.1 Å². The van der Waals surface area contributed by atoms with Crippen molar-refractivity contribution >= 4 is 5.91 Å². The Morgan fingerprint density at radius 3 is 2.88 bits per heavy atom. The normalized spacial score (nSPS) is 22.2. The fourth-order valence-corrected chi connectivity index (χ4v) is 3.56. The average molecular weight is 343 g/mol. The van der Waals surface area contributed by atoms with E-state index in [9.17, 15) is 4.79 Å². The van der Waals surface area contributed by atoms with Crippen molar-refractivity contribution in [2.75, 3.05) is 19.6 Å². The minimum atomic E-state index is -0.155. The van der Waals surface area contributed by atoms with Crippen molar-refractivity contribution in [2.24, 2.45) is 5.41 Å². The Morgan fingerprint density at radius 2 is 2.08 bits per heavy atom. The van der Waals surface area contributed by atoms with Gasteiger partial charge in [-0.05, 0) is 43.8 Å². The topological polar surface area (TPSA) is 118 Å². The molecule has 2 aliphatic heterocycles. The molecule has 3 N–H and O–H groups in total. The molecule has 0 bridgehead atoms. The molecule has 9 nitrogen and oxygen atoms in total. The van der Waals surface area contributed by atoms with Gasteiger partial charge in [-0.3, -0.25) is 4.79 Å². The Balaban J connectivity index is 1.31. The molecule has 0 saturated carbocycles. The maximum absolute atomic E-state index is 12.4. The van der Waals surface area contributed by atoms with Gasteiger partial charge >= 0.3 is 0 Å². The summed E-state index contributed by atoms with van der Waals surface area (Å²) in [5.41, 5.74) is 0.259. The molecule has 0 unspecified atom stereocenters. The number of nitrogens with one attached hydrogen (secondary N) is 3. The smallest absolute Gasteiger partial charge is 0.246 e.